The summed E-state index contributed by atoms with van der Waals surface area (Å²) in [6, 6.07) is 2.82. The monoisotopic (exact) mass is 323 g/mol. The van der Waals surface area contributed by atoms with Crippen molar-refractivity contribution in [3.8, 4) is 5.75 Å². The molecule has 8 heteroatoms. The van der Waals surface area contributed by atoms with Gasteiger partial charge in [-0.2, -0.15) is 0 Å². The van der Waals surface area contributed by atoms with Crippen LogP contribution in [0.25, 0.3) is 0 Å². The average molecular weight is 323 g/mol. The maximum absolute atomic E-state index is 13.7. The lowest BCUT2D eigenvalue weighted by Gasteiger charge is -2.16. The number of hydrogen-bond donors (Lipinski definition) is 3. The summed E-state index contributed by atoms with van der Waals surface area (Å²) in [6.07, 6.45) is 0.272. The molecule has 23 heavy (non-hydrogen) atoms. The van der Waals surface area contributed by atoms with Crippen molar-refractivity contribution in [1.29, 1.82) is 0 Å². The van der Waals surface area contributed by atoms with E-state index < -0.39 is 29.8 Å². The molecule has 1 fully saturated rings. The fourth-order valence-electron chi connectivity index (χ4n) is 2.29. The molecule has 124 valence electrons. The number of benzene rings is 1. The summed E-state index contributed by atoms with van der Waals surface area (Å²) < 4.78 is 18.5. The van der Waals surface area contributed by atoms with Crippen LogP contribution in [-0.4, -0.2) is 31.0 Å². The third-order valence-corrected chi connectivity index (χ3v) is 3.57. The quantitative estimate of drug-likeness (QED) is 0.681. The van der Waals surface area contributed by atoms with E-state index >= 15 is 0 Å². The number of amides is 4. The van der Waals surface area contributed by atoms with Crippen LogP contribution in [0.3, 0.4) is 0 Å². The van der Waals surface area contributed by atoms with Gasteiger partial charge in [0.25, 0.3) is 5.91 Å². The van der Waals surface area contributed by atoms with E-state index in [1.165, 1.54) is 19.2 Å². The van der Waals surface area contributed by atoms with Gasteiger partial charge in [0.1, 0.15) is 6.04 Å². The summed E-state index contributed by atoms with van der Waals surface area (Å²) in [5.41, 5.74) is 0.601. The third-order valence-electron chi connectivity index (χ3n) is 3.57. The highest BCUT2D eigenvalue weighted by atomic mass is 19.1. The standard InChI is InChI=1S/C15H18FN3O4/c1-8(9-3-5-12(23-2)10(16)7-9)17-13(20)6-4-11-14(21)19-15(22)18-11/h3,5,7-8,11H,4,6H2,1-2H3,(H,17,20)(H2,18,19,21,22)/t8-,11-/m1/s1. The lowest BCUT2D eigenvalue weighted by molar-refractivity contribution is -0.122. The van der Waals surface area contributed by atoms with Gasteiger partial charge in [0, 0.05) is 6.42 Å². The number of nitrogens with one attached hydrogen (secondary N) is 3. The Balaban J connectivity index is 1.86. The fourth-order valence-corrected chi connectivity index (χ4v) is 2.29. The van der Waals surface area contributed by atoms with Gasteiger partial charge in [0.2, 0.25) is 5.91 Å². The second-order valence-corrected chi connectivity index (χ2v) is 5.24. The van der Waals surface area contributed by atoms with E-state index in [0.29, 0.717) is 5.56 Å². The van der Waals surface area contributed by atoms with Crippen LogP contribution in [0, 0.1) is 5.82 Å². The molecular weight excluding hydrogens is 305 g/mol. The van der Waals surface area contributed by atoms with Crippen LogP contribution in [0.1, 0.15) is 31.4 Å². The van der Waals surface area contributed by atoms with Gasteiger partial charge in [0.05, 0.1) is 13.2 Å². The lowest BCUT2D eigenvalue weighted by Crippen LogP contribution is -2.32. The maximum atomic E-state index is 13.7. The summed E-state index contributed by atoms with van der Waals surface area (Å²) in [5.74, 6) is -1.09. The zero-order valence-electron chi connectivity index (χ0n) is 12.8. The molecule has 0 aliphatic carbocycles. The average Bonchev–Trinajstić information content (AvgIpc) is 2.82. The minimum absolute atomic E-state index is 0.0708. The van der Waals surface area contributed by atoms with Gasteiger partial charge in [-0.15, -0.1) is 0 Å². The zero-order valence-corrected chi connectivity index (χ0v) is 12.8. The first-order chi connectivity index (χ1) is 10.9. The van der Waals surface area contributed by atoms with Crippen molar-refractivity contribution < 1.29 is 23.5 Å². The zero-order chi connectivity index (χ0) is 17.0. The number of urea groups is 1. The van der Waals surface area contributed by atoms with E-state index in [1.54, 1.807) is 13.0 Å². The molecule has 0 saturated carbocycles. The number of rotatable bonds is 6. The molecule has 1 aliphatic rings. The van der Waals surface area contributed by atoms with E-state index in [0.717, 1.165) is 0 Å². The summed E-state index contributed by atoms with van der Waals surface area (Å²) in [7, 11) is 1.38. The molecule has 1 saturated heterocycles. The first-order valence-electron chi connectivity index (χ1n) is 7.15. The topological polar surface area (TPSA) is 96.5 Å². The van der Waals surface area contributed by atoms with E-state index in [9.17, 15) is 18.8 Å². The molecule has 3 N–H and O–H groups in total. The van der Waals surface area contributed by atoms with Gasteiger partial charge >= 0.3 is 6.03 Å². The Morgan fingerprint density at radius 1 is 1.43 bits per heavy atom. The van der Waals surface area contributed by atoms with E-state index in [-0.39, 0.29) is 24.5 Å². The largest absolute Gasteiger partial charge is 0.494 e. The van der Waals surface area contributed by atoms with Crippen LogP contribution in [0.4, 0.5) is 9.18 Å². The Labute approximate surface area is 132 Å². The fraction of sp³-hybridized carbons (Fsp3) is 0.400. The van der Waals surface area contributed by atoms with Crippen LogP contribution < -0.4 is 20.7 Å². The Hall–Kier alpha value is -2.64. The highest BCUT2D eigenvalue weighted by Gasteiger charge is 2.29. The van der Waals surface area contributed by atoms with Gasteiger partial charge in [-0.3, -0.25) is 14.9 Å². The molecule has 0 spiro atoms. The Morgan fingerprint density at radius 2 is 2.17 bits per heavy atom. The van der Waals surface area contributed by atoms with Crippen LogP contribution in [0.2, 0.25) is 0 Å². The summed E-state index contributed by atoms with van der Waals surface area (Å²) in [5, 5.41) is 7.24. The number of imide groups is 1. The molecule has 0 radical (unpaired) electrons. The van der Waals surface area contributed by atoms with Crippen molar-refractivity contribution in [3.05, 3.63) is 29.6 Å². The van der Waals surface area contributed by atoms with Crippen molar-refractivity contribution in [2.45, 2.75) is 31.8 Å². The number of carbonyl (C=O) groups excluding carboxylic acids is 3. The van der Waals surface area contributed by atoms with Crippen molar-refractivity contribution in [1.82, 2.24) is 16.0 Å². The van der Waals surface area contributed by atoms with E-state index in [4.69, 9.17) is 4.74 Å². The number of methoxy groups -OCH3 is 1. The SMILES string of the molecule is COc1ccc([C@@H](C)NC(=O)CC[C@H]2NC(=O)NC2=O)cc1F. The highest BCUT2D eigenvalue weighted by Crippen LogP contribution is 2.21. The number of carbonyl (C=O) groups is 3. The molecule has 1 aliphatic heterocycles. The Kier molecular flexibility index (Phi) is 5.15. The Morgan fingerprint density at radius 3 is 2.74 bits per heavy atom. The van der Waals surface area contributed by atoms with Crippen molar-refractivity contribution in [2.24, 2.45) is 0 Å². The molecule has 2 atom stereocenters. The second kappa shape index (κ2) is 7.08. The highest BCUT2D eigenvalue weighted by molar-refractivity contribution is 6.04. The van der Waals surface area contributed by atoms with Gasteiger partial charge in [-0.05, 0) is 31.0 Å². The Bertz CT molecular complexity index is 635. The molecule has 0 aromatic heterocycles. The first kappa shape index (κ1) is 16.7. The smallest absolute Gasteiger partial charge is 0.322 e. The van der Waals surface area contributed by atoms with Crippen molar-refractivity contribution in [3.63, 3.8) is 0 Å². The van der Waals surface area contributed by atoms with Crippen molar-refractivity contribution >= 4 is 17.8 Å². The molecule has 4 amide bonds. The molecule has 0 unspecified atom stereocenters. The predicted octanol–water partition coefficient (Wildman–Crippen LogP) is 1.000. The molecule has 1 aromatic carbocycles. The van der Waals surface area contributed by atoms with Gasteiger partial charge < -0.3 is 15.4 Å². The molecular formula is C15H18FN3O4. The summed E-state index contributed by atoms with van der Waals surface area (Å²) in [4.78, 5) is 34.2. The normalized spacial score (nSPS) is 18.1. The number of hydrogen-bond acceptors (Lipinski definition) is 4. The van der Waals surface area contributed by atoms with Gasteiger partial charge in [-0.25, -0.2) is 9.18 Å². The second-order valence-electron chi connectivity index (χ2n) is 5.24. The minimum Gasteiger partial charge on any atom is -0.494 e. The summed E-state index contributed by atoms with van der Waals surface area (Å²) >= 11 is 0. The molecule has 7 nitrogen and oxygen atoms in total. The lowest BCUT2D eigenvalue weighted by atomic mass is 10.1. The minimum atomic E-state index is -0.693. The van der Waals surface area contributed by atoms with Crippen LogP contribution in [0.5, 0.6) is 5.75 Å². The van der Waals surface area contributed by atoms with Crippen molar-refractivity contribution in [2.75, 3.05) is 7.11 Å². The molecule has 1 aromatic rings. The third kappa shape index (κ3) is 4.18. The van der Waals surface area contributed by atoms with E-state index in [2.05, 4.69) is 16.0 Å². The van der Waals surface area contributed by atoms with Crippen LogP contribution in [-0.2, 0) is 9.59 Å². The predicted molar refractivity (Wildman–Crippen MR) is 79.2 cm³/mol. The molecule has 1 heterocycles. The molecule has 0 bridgehead atoms. The summed E-state index contributed by atoms with van der Waals surface area (Å²) in [6.45, 7) is 1.73. The maximum Gasteiger partial charge on any atom is 0.322 e. The number of ether oxygens (including phenoxy) is 1. The van der Waals surface area contributed by atoms with E-state index in [1.807, 2.05) is 0 Å². The molecule has 2 rings (SSSR count). The van der Waals surface area contributed by atoms with Gasteiger partial charge in [0.15, 0.2) is 11.6 Å². The number of halogens is 1. The first-order valence-corrected chi connectivity index (χ1v) is 7.15. The van der Waals surface area contributed by atoms with Crippen LogP contribution in [0.15, 0.2) is 18.2 Å². The van der Waals surface area contributed by atoms with Gasteiger partial charge in [-0.1, -0.05) is 6.07 Å². The van der Waals surface area contributed by atoms with Crippen LogP contribution >= 0.6 is 0 Å².